The summed E-state index contributed by atoms with van der Waals surface area (Å²) in [6, 6.07) is 9.90. The first-order valence-electron chi connectivity index (χ1n) is 6.05. The SMILES string of the molecule is CC1CC(=O)C(=CC(I)c2ccccc2)C(=O)C1. The van der Waals surface area contributed by atoms with Crippen LogP contribution < -0.4 is 0 Å². The molecule has 1 aliphatic carbocycles. The maximum absolute atomic E-state index is 11.9. The third-order valence-electron chi connectivity index (χ3n) is 3.10. The van der Waals surface area contributed by atoms with Crippen LogP contribution in [0.2, 0.25) is 0 Å². The van der Waals surface area contributed by atoms with Gasteiger partial charge in [0.1, 0.15) is 0 Å². The molecule has 1 aromatic carbocycles. The summed E-state index contributed by atoms with van der Waals surface area (Å²) in [5.41, 5.74) is 1.51. The van der Waals surface area contributed by atoms with E-state index in [1.807, 2.05) is 43.3 Å². The van der Waals surface area contributed by atoms with Gasteiger partial charge in [-0.1, -0.05) is 65.9 Å². The van der Waals surface area contributed by atoms with Gasteiger partial charge in [-0.15, -0.1) is 0 Å². The highest BCUT2D eigenvalue weighted by Crippen LogP contribution is 2.29. The minimum absolute atomic E-state index is 0.00338. The molecule has 0 radical (unpaired) electrons. The molecule has 1 aromatic rings. The Kier molecular flexibility index (Phi) is 4.32. The lowest BCUT2D eigenvalue weighted by Crippen LogP contribution is -2.24. The second kappa shape index (κ2) is 5.78. The first kappa shape index (κ1) is 13.5. The highest BCUT2D eigenvalue weighted by molar-refractivity contribution is 14.1. The van der Waals surface area contributed by atoms with Gasteiger partial charge in [0.25, 0.3) is 0 Å². The normalized spacial score (nSPS) is 21.9. The number of hydrogen-bond donors (Lipinski definition) is 0. The van der Waals surface area contributed by atoms with Gasteiger partial charge in [-0.25, -0.2) is 0 Å². The molecule has 0 amide bonds. The highest BCUT2D eigenvalue weighted by atomic mass is 127. The predicted molar refractivity (Wildman–Crippen MR) is 79.7 cm³/mol. The lowest BCUT2D eigenvalue weighted by molar-refractivity contribution is -0.125. The smallest absolute Gasteiger partial charge is 0.166 e. The van der Waals surface area contributed by atoms with Gasteiger partial charge in [0.05, 0.1) is 9.50 Å². The van der Waals surface area contributed by atoms with Crippen molar-refractivity contribution in [2.75, 3.05) is 0 Å². The van der Waals surface area contributed by atoms with Crippen molar-refractivity contribution in [3.8, 4) is 0 Å². The summed E-state index contributed by atoms with van der Waals surface area (Å²) < 4.78 is 0.0695. The van der Waals surface area contributed by atoms with Gasteiger partial charge in [-0.05, 0) is 11.5 Å². The Morgan fingerprint density at radius 3 is 2.28 bits per heavy atom. The molecule has 1 atom stereocenters. The molecule has 18 heavy (non-hydrogen) atoms. The average molecular weight is 354 g/mol. The number of alkyl halides is 1. The Balaban J connectivity index is 2.22. The minimum Gasteiger partial charge on any atom is -0.294 e. The quantitative estimate of drug-likeness (QED) is 0.352. The molecular weight excluding hydrogens is 339 g/mol. The molecule has 1 fully saturated rings. The summed E-state index contributed by atoms with van der Waals surface area (Å²) in [4.78, 5) is 23.8. The van der Waals surface area contributed by atoms with E-state index in [1.165, 1.54) is 0 Å². The van der Waals surface area contributed by atoms with Crippen molar-refractivity contribution >= 4 is 34.2 Å². The van der Waals surface area contributed by atoms with Gasteiger partial charge in [0, 0.05) is 12.8 Å². The number of carbonyl (C=O) groups excluding carboxylic acids is 2. The fraction of sp³-hybridized carbons (Fsp3) is 0.333. The molecule has 94 valence electrons. The molecule has 1 saturated carbocycles. The number of hydrogen-bond acceptors (Lipinski definition) is 2. The fourth-order valence-corrected chi connectivity index (χ4v) is 2.92. The van der Waals surface area contributed by atoms with Crippen LogP contribution in [0.4, 0.5) is 0 Å². The van der Waals surface area contributed by atoms with Crippen molar-refractivity contribution in [3.05, 3.63) is 47.5 Å². The van der Waals surface area contributed by atoms with E-state index < -0.39 is 0 Å². The van der Waals surface area contributed by atoms with E-state index >= 15 is 0 Å². The van der Waals surface area contributed by atoms with Crippen LogP contribution in [0.5, 0.6) is 0 Å². The van der Waals surface area contributed by atoms with Gasteiger partial charge >= 0.3 is 0 Å². The molecule has 0 bridgehead atoms. The number of allylic oxidation sites excluding steroid dienone is 2. The molecule has 0 heterocycles. The van der Waals surface area contributed by atoms with Crippen molar-refractivity contribution in [1.82, 2.24) is 0 Å². The molecule has 0 aromatic heterocycles. The number of Topliss-reactive ketones (excluding diaryl/α,β-unsaturated/α-hetero) is 2. The van der Waals surface area contributed by atoms with Crippen LogP contribution in [0.3, 0.4) is 0 Å². The van der Waals surface area contributed by atoms with E-state index in [2.05, 4.69) is 22.6 Å². The molecule has 0 aliphatic heterocycles. The second-order valence-electron chi connectivity index (χ2n) is 4.75. The Hall–Kier alpha value is -0.970. The monoisotopic (exact) mass is 354 g/mol. The summed E-state index contributed by atoms with van der Waals surface area (Å²) in [6.45, 7) is 1.95. The van der Waals surface area contributed by atoms with E-state index in [0.29, 0.717) is 18.4 Å². The number of halogens is 1. The Bertz CT molecular complexity index is 470. The highest BCUT2D eigenvalue weighted by Gasteiger charge is 2.28. The van der Waals surface area contributed by atoms with Gasteiger partial charge in [0.2, 0.25) is 0 Å². The number of ketones is 2. The van der Waals surface area contributed by atoms with Gasteiger partial charge in [0.15, 0.2) is 11.6 Å². The van der Waals surface area contributed by atoms with Gasteiger partial charge in [-0.3, -0.25) is 9.59 Å². The van der Waals surface area contributed by atoms with Crippen molar-refractivity contribution in [2.24, 2.45) is 5.92 Å². The molecule has 0 N–H and O–H groups in total. The van der Waals surface area contributed by atoms with Crippen LogP contribution in [0.15, 0.2) is 42.0 Å². The summed E-state index contributed by atoms with van der Waals surface area (Å²) in [5.74, 6) is 0.180. The van der Waals surface area contributed by atoms with Crippen LogP contribution in [-0.2, 0) is 9.59 Å². The fourth-order valence-electron chi connectivity index (χ4n) is 2.15. The van der Waals surface area contributed by atoms with Crippen LogP contribution in [0.1, 0.15) is 29.3 Å². The number of rotatable bonds is 2. The van der Waals surface area contributed by atoms with Crippen LogP contribution in [0.25, 0.3) is 0 Å². The number of carbonyl (C=O) groups is 2. The molecule has 1 aliphatic rings. The zero-order valence-corrected chi connectivity index (χ0v) is 12.4. The Labute approximate surface area is 121 Å². The van der Waals surface area contributed by atoms with E-state index in [9.17, 15) is 9.59 Å². The first-order valence-corrected chi connectivity index (χ1v) is 7.29. The zero-order valence-electron chi connectivity index (χ0n) is 10.2. The van der Waals surface area contributed by atoms with Crippen LogP contribution in [-0.4, -0.2) is 11.6 Å². The van der Waals surface area contributed by atoms with E-state index in [4.69, 9.17) is 0 Å². The van der Waals surface area contributed by atoms with E-state index in [1.54, 1.807) is 0 Å². The predicted octanol–water partition coefficient (Wildman–Crippen LogP) is 3.66. The van der Waals surface area contributed by atoms with Crippen LogP contribution >= 0.6 is 22.6 Å². The zero-order chi connectivity index (χ0) is 13.1. The Morgan fingerprint density at radius 1 is 1.17 bits per heavy atom. The Morgan fingerprint density at radius 2 is 1.72 bits per heavy atom. The minimum atomic E-state index is -0.00338. The lowest BCUT2D eigenvalue weighted by Gasteiger charge is -2.18. The lowest BCUT2D eigenvalue weighted by atomic mass is 9.84. The third-order valence-corrected chi connectivity index (χ3v) is 4.18. The topological polar surface area (TPSA) is 34.1 Å². The number of benzene rings is 1. The maximum atomic E-state index is 11.9. The summed E-state index contributed by atoms with van der Waals surface area (Å²) in [5, 5.41) is 0. The first-order chi connectivity index (χ1) is 8.58. The van der Waals surface area contributed by atoms with Crippen molar-refractivity contribution < 1.29 is 9.59 Å². The molecular formula is C15H15IO2. The van der Waals surface area contributed by atoms with Crippen molar-refractivity contribution in [1.29, 1.82) is 0 Å². The van der Waals surface area contributed by atoms with Crippen molar-refractivity contribution in [3.63, 3.8) is 0 Å². The average Bonchev–Trinajstić information content (AvgIpc) is 2.34. The van der Waals surface area contributed by atoms with Crippen LogP contribution in [0, 0.1) is 5.92 Å². The molecule has 0 spiro atoms. The largest absolute Gasteiger partial charge is 0.294 e. The summed E-state index contributed by atoms with van der Waals surface area (Å²) in [6.07, 6.45) is 2.80. The third kappa shape index (κ3) is 3.07. The van der Waals surface area contributed by atoms with Crippen molar-refractivity contribution in [2.45, 2.75) is 23.7 Å². The van der Waals surface area contributed by atoms with E-state index in [-0.39, 0.29) is 21.4 Å². The summed E-state index contributed by atoms with van der Waals surface area (Å²) in [7, 11) is 0. The summed E-state index contributed by atoms with van der Waals surface area (Å²) >= 11 is 2.25. The second-order valence-corrected chi connectivity index (χ2v) is 6.09. The molecule has 3 heteroatoms. The molecule has 1 unspecified atom stereocenters. The molecule has 0 saturated heterocycles. The standard InChI is InChI=1S/C15H15IO2/c1-10-7-14(17)12(15(18)8-10)9-13(16)11-5-3-2-4-6-11/h2-6,9-10,13H,7-8H2,1H3. The maximum Gasteiger partial charge on any atom is 0.166 e. The van der Waals surface area contributed by atoms with E-state index in [0.717, 1.165) is 5.56 Å². The molecule has 2 nitrogen and oxygen atoms in total. The van der Waals surface area contributed by atoms with Gasteiger partial charge < -0.3 is 0 Å². The van der Waals surface area contributed by atoms with Gasteiger partial charge in [-0.2, -0.15) is 0 Å². The molecule has 2 rings (SSSR count).